The van der Waals surface area contributed by atoms with Crippen LogP contribution in [0.25, 0.3) is 5.70 Å². The summed E-state index contributed by atoms with van der Waals surface area (Å²) in [4.78, 5) is 16.4. The van der Waals surface area contributed by atoms with Crippen LogP contribution < -0.4 is 5.32 Å². The monoisotopic (exact) mass is 473 g/mol. The topological polar surface area (TPSA) is 75.1 Å². The number of halogens is 4. The zero-order valence-corrected chi connectivity index (χ0v) is 18.0. The smallest absolute Gasteiger partial charge is 0.432 e. The highest BCUT2D eigenvalue weighted by Gasteiger charge is 2.33. The number of ether oxygens (including phenoxy) is 1. The number of benzene rings is 2. The summed E-state index contributed by atoms with van der Waals surface area (Å²) in [5.41, 5.74) is 0.193. The largest absolute Gasteiger partial charge is 0.462 e. The molecule has 0 spiro atoms. The molecule has 9 heteroatoms. The van der Waals surface area contributed by atoms with E-state index in [9.17, 15) is 18.0 Å². The first-order valence-electron chi connectivity index (χ1n) is 9.80. The third-order valence-electron chi connectivity index (χ3n) is 4.49. The first-order chi connectivity index (χ1) is 15.7. The summed E-state index contributed by atoms with van der Waals surface area (Å²) >= 11 is 6.11. The van der Waals surface area contributed by atoms with Gasteiger partial charge in [0.2, 0.25) is 0 Å². The van der Waals surface area contributed by atoms with Gasteiger partial charge in [-0.05, 0) is 48.0 Å². The molecule has 2 aromatic carbocycles. The minimum atomic E-state index is -4.81. The lowest BCUT2D eigenvalue weighted by Gasteiger charge is -2.15. The first kappa shape index (κ1) is 24.0. The summed E-state index contributed by atoms with van der Waals surface area (Å²) in [5.74, 6) is -0.565. The standard InChI is InChI=1S/C24H19ClF3N3O2/c25-19-6-1-2-7-20(19)31-21(15-22(29)24(26,27)28)16-8-10-17(11-9-16)23(32)33-14-12-18-5-3-4-13-30-18/h1-11,13,15,29,31H,12,14H2/b21-15-,29-22?. The van der Waals surface area contributed by atoms with Crippen LogP contribution in [0.2, 0.25) is 5.02 Å². The molecule has 2 N–H and O–H groups in total. The summed E-state index contributed by atoms with van der Waals surface area (Å²) in [6, 6.07) is 17.8. The Morgan fingerprint density at radius 3 is 2.33 bits per heavy atom. The van der Waals surface area contributed by atoms with Gasteiger partial charge in [-0.1, -0.05) is 41.9 Å². The van der Waals surface area contributed by atoms with Crippen molar-refractivity contribution in [3.05, 3.63) is 101 Å². The number of carbonyl (C=O) groups is 1. The molecule has 0 fully saturated rings. The Morgan fingerprint density at radius 1 is 1.03 bits per heavy atom. The molecule has 0 aliphatic heterocycles. The lowest BCUT2D eigenvalue weighted by Crippen LogP contribution is -2.20. The second-order valence-electron chi connectivity index (χ2n) is 6.86. The van der Waals surface area contributed by atoms with E-state index in [1.54, 1.807) is 36.5 Å². The number of rotatable bonds is 8. The summed E-state index contributed by atoms with van der Waals surface area (Å²) in [5, 5.41) is 10.5. The lowest BCUT2D eigenvalue weighted by atomic mass is 10.1. The molecule has 0 aliphatic rings. The number of hydrogen-bond donors (Lipinski definition) is 2. The molecule has 1 aromatic heterocycles. The quantitative estimate of drug-likeness (QED) is 0.303. The van der Waals surface area contributed by atoms with Gasteiger partial charge in [-0.15, -0.1) is 0 Å². The van der Waals surface area contributed by atoms with Gasteiger partial charge < -0.3 is 10.1 Å². The molecular weight excluding hydrogens is 455 g/mol. The van der Waals surface area contributed by atoms with Crippen LogP contribution >= 0.6 is 11.6 Å². The zero-order valence-electron chi connectivity index (χ0n) is 17.2. The molecule has 0 saturated carbocycles. The fraction of sp³-hybridized carbons (Fsp3) is 0.125. The number of alkyl halides is 3. The molecule has 0 radical (unpaired) electrons. The molecule has 3 aromatic rings. The maximum absolute atomic E-state index is 13.0. The Hall–Kier alpha value is -3.65. The van der Waals surface area contributed by atoms with E-state index in [2.05, 4.69) is 10.3 Å². The molecule has 170 valence electrons. The minimum Gasteiger partial charge on any atom is -0.462 e. The number of nitrogens with zero attached hydrogens (tertiary/aromatic N) is 1. The predicted octanol–water partition coefficient (Wildman–Crippen LogP) is 6.17. The first-order valence-corrected chi connectivity index (χ1v) is 10.2. The van der Waals surface area contributed by atoms with Crippen LogP contribution in [0.1, 0.15) is 21.6 Å². The van der Waals surface area contributed by atoms with Crippen molar-refractivity contribution < 1.29 is 22.7 Å². The summed E-state index contributed by atoms with van der Waals surface area (Å²) < 4.78 is 44.1. The number of hydrogen-bond acceptors (Lipinski definition) is 5. The van der Waals surface area contributed by atoms with Crippen LogP contribution in [0, 0.1) is 5.41 Å². The van der Waals surface area contributed by atoms with Crippen molar-refractivity contribution in [2.45, 2.75) is 12.6 Å². The van der Waals surface area contributed by atoms with Gasteiger partial charge in [-0.3, -0.25) is 10.4 Å². The fourth-order valence-corrected chi connectivity index (χ4v) is 2.97. The van der Waals surface area contributed by atoms with E-state index in [0.29, 0.717) is 28.8 Å². The third-order valence-corrected chi connectivity index (χ3v) is 4.82. The van der Waals surface area contributed by atoms with Crippen LogP contribution in [-0.2, 0) is 11.2 Å². The fourth-order valence-electron chi connectivity index (χ4n) is 2.79. The average molecular weight is 474 g/mol. The van der Waals surface area contributed by atoms with Crippen LogP contribution in [0.5, 0.6) is 0 Å². The van der Waals surface area contributed by atoms with E-state index in [4.69, 9.17) is 21.7 Å². The molecule has 0 unspecified atom stereocenters. The van der Waals surface area contributed by atoms with Gasteiger partial charge in [0.1, 0.15) is 5.71 Å². The number of anilines is 1. The molecule has 0 atom stereocenters. The second-order valence-corrected chi connectivity index (χ2v) is 7.27. The Bertz CT molecular complexity index is 1150. The Balaban J connectivity index is 1.75. The van der Waals surface area contributed by atoms with Gasteiger partial charge in [-0.25, -0.2) is 4.79 Å². The van der Waals surface area contributed by atoms with Gasteiger partial charge in [0.25, 0.3) is 0 Å². The lowest BCUT2D eigenvalue weighted by molar-refractivity contribution is -0.0583. The van der Waals surface area contributed by atoms with E-state index in [0.717, 1.165) is 5.69 Å². The molecule has 5 nitrogen and oxygen atoms in total. The number of pyridine rings is 1. The maximum atomic E-state index is 13.0. The van der Waals surface area contributed by atoms with E-state index in [-0.39, 0.29) is 17.9 Å². The van der Waals surface area contributed by atoms with Crippen molar-refractivity contribution in [2.24, 2.45) is 0 Å². The van der Waals surface area contributed by atoms with E-state index >= 15 is 0 Å². The number of allylic oxidation sites excluding steroid dienone is 1. The molecule has 0 saturated heterocycles. The predicted molar refractivity (Wildman–Crippen MR) is 121 cm³/mol. The van der Waals surface area contributed by atoms with Gasteiger partial charge >= 0.3 is 12.1 Å². The highest BCUT2D eigenvalue weighted by Crippen LogP contribution is 2.27. The molecule has 0 aliphatic carbocycles. The van der Waals surface area contributed by atoms with Gasteiger partial charge in [-0.2, -0.15) is 13.2 Å². The van der Waals surface area contributed by atoms with Crippen molar-refractivity contribution in [1.29, 1.82) is 5.41 Å². The summed E-state index contributed by atoms with van der Waals surface area (Å²) in [7, 11) is 0. The number of esters is 1. The number of aromatic nitrogens is 1. The van der Waals surface area contributed by atoms with Crippen LogP contribution in [0.15, 0.2) is 79.0 Å². The zero-order chi connectivity index (χ0) is 23.8. The van der Waals surface area contributed by atoms with Crippen molar-refractivity contribution >= 4 is 34.7 Å². The normalized spacial score (nSPS) is 11.7. The van der Waals surface area contributed by atoms with E-state index in [1.807, 2.05) is 12.1 Å². The van der Waals surface area contributed by atoms with Crippen molar-refractivity contribution in [3.8, 4) is 0 Å². The van der Waals surface area contributed by atoms with Crippen LogP contribution in [-0.4, -0.2) is 29.4 Å². The second kappa shape index (κ2) is 10.8. The Morgan fingerprint density at radius 2 is 1.70 bits per heavy atom. The average Bonchev–Trinajstić information content (AvgIpc) is 2.80. The van der Waals surface area contributed by atoms with Crippen LogP contribution in [0.4, 0.5) is 18.9 Å². The van der Waals surface area contributed by atoms with Crippen molar-refractivity contribution in [2.75, 3.05) is 11.9 Å². The molecule has 33 heavy (non-hydrogen) atoms. The number of carbonyl (C=O) groups excluding carboxylic acids is 1. The Kier molecular flexibility index (Phi) is 7.84. The molecule has 3 rings (SSSR count). The van der Waals surface area contributed by atoms with Crippen LogP contribution in [0.3, 0.4) is 0 Å². The summed E-state index contributed by atoms with van der Waals surface area (Å²) in [6.07, 6.45) is -2.04. The van der Waals surface area contributed by atoms with E-state index in [1.165, 1.54) is 24.3 Å². The van der Waals surface area contributed by atoms with Crippen molar-refractivity contribution in [3.63, 3.8) is 0 Å². The highest BCUT2D eigenvalue weighted by atomic mass is 35.5. The molecular formula is C24H19ClF3N3O2. The van der Waals surface area contributed by atoms with Gasteiger partial charge in [0, 0.05) is 24.0 Å². The molecule has 1 heterocycles. The molecule has 0 bridgehead atoms. The van der Waals surface area contributed by atoms with E-state index < -0.39 is 17.9 Å². The Labute approximate surface area is 193 Å². The van der Waals surface area contributed by atoms with Crippen molar-refractivity contribution in [1.82, 2.24) is 4.98 Å². The minimum absolute atomic E-state index is 0.000458. The third kappa shape index (κ3) is 6.92. The molecule has 0 amide bonds. The maximum Gasteiger partial charge on any atom is 0.432 e. The van der Waals surface area contributed by atoms with Gasteiger partial charge in [0.15, 0.2) is 0 Å². The SMILES string of the molecule is N=C(/C=C(\Nc1ccccc1Cl)c1ccc(C(=O)OCCc2ccccn2)cc1)C(F)(F)F. The number of nitrogens with one attached hydrogen (secondary N) is 2. The van der Waals surface area contributed by atoms with Gasteiger partial charge in [0.05, 0.1) is 22.9 Å². The number of para-hydroxylation sites is 1. The summed E-state index contributed by atoms with van der Waals surface area (Å²) in [6.45, 7) is 0.138. The highest BCUT2D eigenvalue weighted by molar-refractivity contribution is 6.33.